The molecule has 1 aromatic carbocycles. The van der Waals surface area contributed by atoms with Crippen LogP contribution in [-0.4, -0.2) is 32.6 Å². The zero-order valence-corrected chi connectivity index (χ0v) is 10.3. The third-order valence-corrected chi connectivity index (χ3v) is 2.50. The van der Waals surface area contributed by atoms with Crippen LogP contribution in [0.1, 0.15) is 11.7 Å². The van der Waals surface area contributed by atoms with E-state index < -0.39 is 25.1 Å². The maximum Gasteiger partial charge on any atom is 0.330 e. The molecule has 0 aliphatic heterocycles. The number of alkyl halides is 4. The topological polar surface area (TPSA) is 44.5 Å². The Kier molecular flexibility index (Phi) is 5.56. The molecular weight excluding hydrogens is 266 g/mol. The molecule has 7 heteroatoms. The van der Waals surface area contributed by atoms with E-state index in [1.807, 2.05) is 0 Å². The first-order valence-corrected chi connectivity index (χ1v) is 5.52. The number of methoxy groups -OCH3 is 1. The number of hydrogen-bond acceptors (Lipinski definition) is 3. The van der Waals surface area contributed by atoms with Gasteiger partial charge >= 0.3 is 12.3 Å². The largest absolute Gasteiger partial charge is 0.497 e. The lowest BCUT2D eigenvalue weighted by Crippen LogP contribution is -2.34. The maximum atomic E-state index is 12.7. The smallest absolute Gasteiger partial charge is 0.330 e. The highest BCUT2D eigenvalue weighted by Gasteiger charge is 2.41. The second-order valence-electron chi connectivity index (χ2n) is 3.87. The Balaban J connectivity index is 2.67. The van der Waals surface area contributed by atoms with Gasteiger partial charge in [-0.05, 0) is 17.7 Å². The van der Waals surface area contributed by atoms with Crippen molar-refractivity contribution in [2.24, 2.45) is 5.73 Å². The van der Waals surface area contributed by atoms with Crippen molar-refractivity contribution in [2.75, 3.05) is 20.3 Å². The summed E-state index contributed by atoms with van der Waals surface area (Å²) < 4.78 is 59.2. The number of ether oxygens (including phenoxy) is 2. The zero-order chi connectivity index (χ0) is 14.5. The normalized spacial score (nSPS) is 13.6. The molecule has 1 rings (SSSR count). The van der Waals surface area contributed by atoms with E-state index in [-0.39, 0.29) is 6.54 Å². The van der Waals surface area contributed by atoms with Crippen LogP contribution in [0, 0.1) is 0 Å². The molecule has 0 amide bonds. The Morgan fingerprint density at radius 1 is 1.21 bits per heavy atom. The summed E-state index contributed by atoms with van der Waals surface area (Å²) in [5, 5.41) is 0. The van der Waals surface area contributed by atoms with Crippen molar-refractivity contribution < 1.29 is 27.0 Å². The van der Waals surface area contributed by atoms with Crippen molar-refractivity contribution >= 4 is 0 Å². The summed E-state index contributed by atoms with van der Waals surface area (Å²) in [6.07, 6.45) is -4.63. The molecule has 108 valence electrons. The third kappa shape index (κ3) is 4.36. The van der Waals surface area contributed by atoms with Gasteiger partial charge in [-0.25, -0.2) is 8.78 Å². The van der Waals surface area contributed by atoms with E-state index in [0.29, 0.717) is 11.3 Å². The van der Waals surface area contributed by atoms with Crippen LogP contribution in [0.2, 0.25) is 0 Å². The Bertz CT molecular complexity index is 384. The van der Waals surface area contributed by atoms with Gasteiger partial charge in [0.15, 0.2) is 0 Å². The van der Waals surface area contributed by atoms with Crippen molar-refractivity contribution in [1.82, 2.24) is 0 Å². The molecule has 0 saturated heterocycles. The molecule has 1 aromatic rings. The van der Waals surface area contributed by atoms with E-state index in [0.717, 1.165) is 0 Å². The fraction of sp³-hybridized carbons (Fsp3) is 0.500. The molecule has 0 bridgehead atoms. The molecule has 0 spiro atoms. The summed E-state index contributed by atoms with van der Waals surface area (Å²) in [6, 6.07) is 6.37. The summed E-state index contributed by atoms with van der Waals surface area (Å²) in [5.41, 5.74) is 5.91. The van der Waals surface area contributed by atoms with Crippen molar-refractivity contribution in [2.45, 2.75) is 18.5 Å². The fourth-order valence-corrected chi connectivity index (χ4v) is 1.39. The predicted molar refractivity (Wildman–Crippen MR) is 61.7 cm³/mol. The van der Waals surface area contributed by atoms with Crippen LogP contribution < -0.4 is 10.5 Å². The summed E-state index contributed by atoms with van der Waals surface area (Å²) in [4.78, 5) is 0. The second kappa shape index (κ2) is 6.72. The highest BCUT2D eigenvalue weighted by atomic mass is 19.3. The van der Waals surface area contributed by atoms with Crippen LogP contribution in [0.15, 0.2) is 24.3 Å². The number of nitrogens with two attached hydrogens (primary N) is 1. The minimum absolute atomic E-state index is 0.0916. The Morgan fingerprint density at radius 3 is 2.21 bits per heavy atom. The van der Waals surface area contributed by atoms with Gasteiger partial charge in [0.25, 0.3) is 0 Å². The van der Waals surface area contributed by atoms with Crippen LogP contribution in [0.3, 0.4) is 0 Å². The van der Waals surface area contributed by atoms with Crippen molar-refractivity contribution in [3.63, 3.8) is 0 Å². The van der Waals surface area contributed by atoms with E-state index in [9.17, 15) is 17.6 Å². The standard InChI is InChI=1S/C12H15F4NO2/c1-18-9-4-2-8(3-5-9)10(6-17)19-7-12(15,16)11(13)14/h2-5,10-11H,6-7,17H2,1H3. The lowest BCUT2D eigenvalue weighted by atomic mass is 10.1. The number of rotatable bonds is 7. The van der Waals surface area contributed by atoms with Gasteiger partial charge in [0.2, 0.25) is 0 Å². The fourth-order valence-electron chi connectivity index (χ4n) is 1.39. The van der Waals surface area contributed by atoms with Crippen LogP contribution in [0.5, 0.6) is 5.75 Å². The number of hydrogen-bond donors (Lipinski definition) is 1. The number of benzene rings is 1. The molecule has 0 saturated carbocycles. The van der Waals surface area contributed by atoms with Crippen molar-refractivity contribution in [1.29, 1.82) is 0 Å². The van der Waals surface area contributed by atoms with Crippen LogP contribution in [-0.2, 0) is 4.74 Å². The summed E-state index contributed by atoms with van der Waals surface area (Å²) >= 11 is 0. The zero-order valence-electron chi connectivity index (χ0n) is 10.3. The molecule has 0 aliphatic carbocycles. The maximum absolute atomic E-state index is 12.7. The Morgan fingerprint density at radius 2 is 1.79 bits per heavy atom. The van der Waals surface area contributed by atoms with Gasteiger partial charge in [0.1, 0.15) is 12.4 Å². The van der Waals surface area contributed by atoms with E-state index in [1.54, 1.807) is 24.3 Å². The first kappa shape index (κ1) is 15.7. The molecule has 1 atom stereocenters. The highest BCUT2D eigenvalue weighted by molar-refractivity contribution is 5.28. The van der Waals surface area contributed by atoms with Gasteiger partial charge in [0, 0.05) is 6.54 Å². The Hall–Kier alpha value is -1.34. The van der Waals surface area contributed by atoms with Crippen molar-refractivity contribution in [3.8, 4) is 5.75 Å². The minimum atomic E-state index is -4.18. The van der Waals surface area contributed by atoms with Gasteiger partial charge in [-0.3, -0.25) is 0 Å². The van der Waals surface area contributed by atoms with Crippen molar-refractivity contribution in [3.05, 3.63) is 29.8 Å². The molecule has 3 nitrogen and oxygen atoms in total. The van der Waals surface area contributed by atoms with Gasteiger partial charge in [-0.1, -0.05) is 12.1 Å². The molecular formula is C12H15F4NO2. The summed E-state index contributed by atoms with van der Waals surface area (Å²) in [7, 11) is 1.48. The minimum Gasteiger partial charge on any atom is -0.497 e. The van der Waals surface area contributed by atoms with E-state index in [4.69, 9.17) is 15.2 Å². The molecule has 0 aliphatic rings. The van der Waals surface area contributed by atoms with Gasteiger partial charge in [-0.2, -0.15) is 8.78 Å². The second-order valence-corrected chi connectivity index (χ2v) is 3.87. The molecule has 2 N–H and O–H groups in total. The molecule has 0 aromatic heterocycles. The third-order valence-electron chi connectivity index (χ3n) is 2.50. The lowest BCUT2D eigenvalue weighted by Gasteiger charge is -2.21. The average molecular weight is 281 g/mol. The monoisotopic (exact) mass is 281 g/mol. The highest BCUT2D eigenvalue weighted by Crippen LogP contribution is 2.27. The van der Waals surface area contributed by atoms with E-state index >= 15 is 0 Å². The molecule has 19 heavy (non-hydrogen) atoms. The van der Waals surface area contributed by atoms with Crippen LogP contribution in [0.25, 0.3) is 0 Å². The van der Waals surface area contributed by atoms with Crippen LogP contribution in [0.4, 0.5) is 17.6 Å². The molecule has 0 heterocycles. The lowest BCUT2D eigenvalue weighted by molar-refractivity contribution is -0.175. The average Bonchev–Trinajstić information content (AvgIpc) is 2.40. The summed E-state index contributed by atoms with van der Waals surface area (Å²) in [6.45, 7) is -1.47. The first-order chi connectivity index (χ1) is 8.90. The van der Waals surface area contributed by atoms with E-state index in [2.05, 4.69) is 0 Å². The van der Waals surface area contributed by atoms with Gasteiger partial charge in [-0.15, -0.1) is 0 Å². The van der Waals surface area contributed by atoms with E-state index in [1.165, 1.54) is 7.11 Å². The molecule has 1 unspecified atom stereocenters. The quantitative estimate of drug-likeness (QED) is 0.781. The summed E-state index contributed by atoms with van der Waals surface area (Å²) in [5.74, 6) is -3.60. The molecule has 0 fully saturated rings. The van der Waals surface area contributed by atoms with Gasteiger partial charge in [0.05, 0.1) is 13.2 Å². The van der Waals surface area contributed by atoms with Gasteiger partial charge < -0.3 is 15.2 Å². The Labute approximate surface area is 108 Å². The number of halogens is 4. The first-order valence-electron chi connectivity index (χ1n) is 5.52. The SMILES string of the molecule is COc1ccc(C(CN)OCC(F)(F)C(F)F)cc1. The molecule has 0 radical (unpaired) electrons. The van der Waals surface area contributed by atoms with Crippen LogP contribution >= 0.6 is 0 Å². The predicted octanol–water partition coefficient (Wildman–Crippen LogP) is 2.61.